The van der Waals surface area contributed by atoms with E-state index in [1.54, 1.807) is 54.1 Å². The summed E-state index contributed by atoms with van der Waals surface area (Å²) in [5.74, 6) is 0.387. The minimum Gasteiger partial charge on any atom is -0.496 e. The number of aromatic nitrogens is 2. The zero-order chi connectivity index (χ0) is 36.7. The van der Waals surface area contributed by atoms with Crippen LogP contribution in [-0.2, 0) is 25.7 Å². The number of rotatable bonds is 12. The molecule has 14 heteroatoms. The van der Waals surface area contributed by atoms with Crippen molar-refractivity contribution in [2.75, 3.05) is 31.8 Å². The summed E-state index contributed by atoms with van der Waals surface area (Å²) >= 11 is 6.18. The predicted molar refractivity (Wildman–Crippen MR) is 185 cm³/mol. The molecule has 13 nitrogen and oxygen atoms in total. The van der Waals surface area contributed by atoms with Crippen molar-refractivity contribution in [3.05, 3.63) is 94.3 Å². The number of nitrogens with one attached hydrogen (secondary N) is 1. The molecule has 0 radical (unpaired) electrons. The molecule has 51 heavy (non-hydrogen) atoms. The fourth-order valence-electron chi connectivity index (χ4n) is 6.23. The molecule has 1 aliphatic carbocycles. The second-order valence-electron chi connectivity index (χ2n) is 12.1. The van der Waals surface area contributed by atoms with E-state index in [-0.39, 0.29) is 25.8 Å². The van der Waals surface area contributed by atoms with Gasteiger partial charge in [-0.05, 0) is 79.1 Å². The molecule has 0 bridgehead atoms. The van der Waals surface area contributed by atoms with E-state index in [4.69, 9.17) is 35.4 Å². The molecule has 2 aliphatic rings. The maximum atomic E-state index is 13.3. The first-order chi connectivity index (χ1) is 24.6. The SMILES string of the molecule is CC[C@H](NC(=O)c1ccc(OC)c(Cn2cc(-c3cccc4c3[C@H]3C[C@H]3CN4C(=O)OCCOc3cccc(Cl)c3C)cn2)c1)C(=O)O.O=C=O. The Kier molecular flexibility index (Phi) is 11.8. The molecule has 1 aromatic heterocycles. The summed E-state index contributed by atoms with van der Waals surface area (Å²) in [5, 5.41) is 17.1. The zero-order valence-corrected chi connectivity index (χ0v) is 29.0. The van der Waals surface area contributed by atoms with Gasteiger partial charge in [-0.15, -0.1) is 0 Å². The maximum Gasteiger partial charge on any atom is 0.414 e. The second-order valence-corrected chi connectivity index (χ2v) is 12.5. The van der Waals surface area contributed by atoms with Crippen LogP contribution < -0.4 is 19.7 Å². The minimum absolute atomic E-state index is 0.0994. The Morgan fingerprint density at radius 2 is 1.86 bits per heavy atom. The number of carbonyl (C=O) groups is 3. The lowest BCUT2D eigenvalue weighted by atomic mass is 9.93. The summed E-state index contributed by atoms with van der Waals surface area (Å²) in [7, 11) is 1.55. The van der Waals surface area contributed by atoms with Crippen molar-refractivity contribution in [2.45, 2.75) is 45.2 Å². The number of nitrogens with zero attached hydrogens (tertiary/aromatic N) is 3. The molecule has 3 atom stereocenters. The molecular weight excluding hydrogens is 680 g/mol. The summed E-state index contributed by atoms with van der Waals surface area (Å²) < 4.78 is 18.8. The molecule has 266 valence electrons. The number of anilines is 1. The average molecular weight is 717 g/mol. The Hall–Kier alpha value is -5.65. The van der Waals surface area contributed by atoms with Crippen LogP contribution in [-0.4, -0.2) is 71.9 Å². The van der Waals surface area contributed by atoms with E-state index in [2.05, 4.69) is 10.4 Å². The van der Waals surface area contributed by atoms with Crippen LogP contribution in [0.4, 0.5) is 10.5 Å². The van der Waals surface area contributed by atoms with E-state index in [1.807, 2.05) is 43.5 Å². The molecule has 4 aromatic rings. The Morgan fingerprint density at radius 3 is 2.59 bits per heavy atom. The van der Waals surface area contributed by atoms with Gasteiger partial charge in [0.2, 0.25) is 0 Å². The van der Waals surface area contributed by atoms with Gasteiger partial charge < -0.3 is 24.6 Å². The highest BCUT2D eigenvalue weighted by Gasteiger charge is 2.48. The maximum absolute atomic E-state index is 13.3. The van der Waals surface area contributed by atoms with Crippen molar-refractivity contribution in [1.82, 2.24) is 15.1 Å². The summed E-state index contributed by atoms with van der Waals surface area (Å²) in [5.41, 5.74) is 5.72. The molecule has 3 aromatic carbocycles. The molecule has 1 fully saturated rings. The highest BCUT2D eigenvalue weighted by atomic mass is 35.5. The van der Waals surface area contributed by atoms with Gasteiger partial charge in [-0.1, -0.05) is 36.7 Å². The van der Waals surface area contributed by atoms with Crippen molar-refractivity contribution in [3.8, 4) is 22.6 Å². The third kappa shape index (κ3) is 8.39. The van der Waals surface area contributed by atoms with E-state index < -0.39 is 24.0 Å². The molecule has 1 saturated carbocycles. The van der Waals surface area contributed by atoms with Crippen LogP contribution in [0.3, 0.4) is 0 Å². The number of hydrogen-bond donors (Lipinski definition) is 2. The predicted octanol–water partition coefficient (Wildman–Crippen LogP) is 5.72. The molecule has 2 heterocycles. The lowest BCUT2D eigenvalue weighted by Gasteiger charge is -2.29. The van der Waals surface area contributed by atoms with Gasteiger partial charge in [0.25, 0.3) is 5.91 Å². The van der Waals surface area contributed by atoms with Crippen LogP contribution in [0, 0.1) is 12.8 Å². The number of carbonyl (C=O) groups excluding carboxylic acids is 4. The molecule has 6 rings (SSSR count). The number of fused-ring (bicyclic) bond motifs is 3. The Morgan fingerprint density at radius 1 is 1.10 bits per heavy atom. The molecule has 0 spiro atoms. The van der Waals surface area contributed by atoms with E-state index >= 15 is 0 Å². The van der Waals surface area contributed by atoms with Crippen molar-refractivity contribution in [2.24, 2.45) is 5.92 Å². The molecule has 1 aliphatic heterocycles. The van der Waals surface area contributed by atoms with Crippen LogP contribution in [0.1, 0.15) is 52.7 Å². The lowest BCUT2D eigenvalue weighted by molar-refractivity contribution is -0.191. The number of aliphatic carboxylic acids is 1. The average Bonchev–Trinajstić information content (AvgIpc) is 3.77. The Bertz CT molecular complexity index is 1960. The highest BCUT2D eigenvalue weighted by molar-refractivity contribution is 6.31. The number of carboxylic acids is 1. The fourth-order valence-corrected chi connectivity index (χ4v) is 6.39. The zero-order valence-electron chi connectivity index (χ0n) is 28.3. The van der Waals surface area contributed by atoms with Gasteiger partial charge >= 0.3 is 18.2 Å². The monoisotopic (exact) mass is 716 g/mol. The van der Waals surface area contributed by atoms with Crippen molar-refractivity contribution < 1.29 is 43.3 Å². The third-order valence-electron chi connectivity index (χ3n) is 8.92. The quantitative estimate of drug-likeness (QED) is 0.173. The van der Waals surface area contributed by atoms with E-state index in [0.717, 1.165) is 34.4 Å². The molecule has 2 amide bonds. The first kappa shape index (κ1) is 36.6. The number of methoxy groups -OCH3 is 1. The van der Waals surface area contributed by atoms with Gasteiger partial charge in [-0.3, -0.25) is 14.4 Å². The van der Waals surface area contributed by atoms with Crippen LogP contribution in [0.15, 0.2) is 67.0 Å². The van der Waals surface area contributed by atoms with Gasteiger partial charge in [-0.2, -0.15) is 14.7 Å². The van der Waals surface area contributed by atoms with Gasteiger partial charge in [0, 0.05) is 40.0 Å². The first-order valence-electron chi connectivity index (χ1n) is 16.3. The van der Waals surface area contributed by atoms with E-state index in [0.29, 0.717) is 52.6 Å². The topological polar surface area (TPSA) is 166 Å². The standard InChI is InChI=1S/C36H37ClN4O7.CO2/c1-4-29(35(43)44)39-34(42)22-11-12-32(46-3)24(15-22)18-40-19-25(17-38-40)26-7-5-9-30-33(26)27-16-23(27)20-41(30)36(45)48-14-13-47-31-10-6-8-28(37)21(31)2;2-1-3/h5-12,15,17,19,23,27,29H,4,13-14,16,18,20H2,1-3H3,(H,39,42)(H,43,44);/t23-,27-,29-;/m0./s1. The highest BCUT2D eigenvalue weighted by Crippen LogP contribution is 2.57. The Balaban J connectivity index is 0.00000162. The Labute approximate surface area is 299 Å². The number of hydrogen-bond acceptors (Lipinski definition) is 9. The van der Waals surface area contributed by atoms with E-state index in [9.17, 15) is 19.5 Å². The van der Waals surface area contributed by atoms with Gasteiger partial charge in [-0.25, -0.2) is 9.59 Å². The normalized spacial score (nSPS) is 15.9. The second kappa shape index (κ2) is 16.4. The smallest absolute Gasteiger partial charge is 0.414 e. The summed E-state index contributed by atoms with van der Waals surface area (Å²) in [6, 6.07) is 15.4. The van der Waals surface area contributed by atoms with Crippen LogP contribution in [0.2, 0.25) is 5.02 Å². The van der Waals surface area contributed by atoms with Crippen LogP contribution >= 0.6 is 11.6 Å². The number of amides is 2. The van der Waals surface area contributed by atoms with Crippen LogP contribution in [0.25, 0.3) is 11.1 Å². The van der Waals surface area contributed by atoms with Gasteiger partial charge in [0.05, 0.1) is 25.5 Å². The lowest BCUT2D eigenvalue weighted by Crippen LogP contribution is -2.40. The molecule has 0 saturated heterocycles. The number of carboxylic acid groups (broad SMARTS) is 1. The van der Waals surface area contributed by atoms with Crippen molar-refractivity contribution >= 4 is 41.4 Å². The van der Waals surface area contributed by atoms with Crippen molar-refractivity contribution in [3.63, 3.8) is 0 Å². The van der Waals surface area contributed by atoms with Crippen LogP contribution in [0.5, 0.6) is 11.5 Å². The number of halogens is 1. The first-order valence-corrected chi connectivity index (χ1v) is 16.7. The summed E-state index contributed by atoms with van der Waals surface area (Å²) in [6.07, 6.45) is 4.82. The summed E-state index contributed by atoms with van der Waals surface area (Å²) in [6.45, 7) is 4.80. The largest absolute Gasteiger partial charge is 0.496 e. The summed E-state index contributed by atoms with van der Waals surface area (Å²) in [4.78, 5) is 55.5. The van der Waals surface area contributed by atoms with E-state index in [1.165, 1.54) is 0 Å². The fraction of sp³-hybridized carbons (Fsp3) is 0.324. The third-order valence-corrected chi connectivity index (χ3v) is 9.33. The molecular formula is C37H37ClN4O9. The number of benzene rings is 3. The van der Waals surface area contributed by atoms with Crippen molar-refractivity contribution in [1.29, 1.82) is 0 Å². The van der Waals surface area contributed by atoms with Gasteiger partial charge in [0.15, 0.2) is 0 Å². The molecule has 2 N–H and O–H groups in total. The number of ether oxygens (including phenoxy) is 3. The van der Waals surface area contributed by atoms with Gasteiger partial charge in [0.1, 0.15) is 30.8 Å². The molecule has 0 unspecified atom stereocenters. The minimum atomic E-state index is -1.08.